The molecule has 3 nitrogen and oxygen atoms in total. The summed E-state index contributed by atoms with van der Waals surface area (Å²) in [6.45, 7) is 6.88. The number of allylic oxidation sites excluding steroid dienone is 2. The number of carbonyl (C=O) groups is 1. The molecule has 1 atom stereocenters. The monoisotopic (exact) mass is 169 g/mol. The smallest absolute Gasteiger partial charge is 0.323 e. The highest BCUT2D eigenvalue weighted by Gasteiger charge is 2.27. The number of carboxylic acid groups (broad SMARTS) is 1. The number of hydrogen-bond acceptors (Lipinski definition) is 2. The summed E-state index contributed by atoms with van der Waals surface area (Å²) in [6.07, 6.45) is 3.73. The summed E-state index contributed by atoms with van der Waals surface area (Å²) in [6, 6.07) is 0. The summed E-state index contributed by atoms with van der Waals surface area (Å²) in [4.78, 5) is 10.6. The quantitative estimate of drug-likeness (QED) is 0.624. The summed E-state index contributed by atoms with van der Waals surface area (Å²) in [7, 11) is 0. The van der Waals surface area contributed by atoms with Gasteiger partial charge in [-0.2, -0.15) is 0 Å². The molecular weight excluding hydrogens is 154 g/mol. The van der Waals surface area contributed by atoms with Crippen LogP contribution in [0.1, 0.15) is 20.3 Å². The van der Waals surface area contributed by atoms with Crippen LogP contribution in [0.3, 0.4) is 0 Å². The molecule has 0 rings (SSSR count). The molecular formula is C9H15NO2. The van der Waals surface area contributed by atoms with Crippen LogP contribution in [-0.4, -0.2) is 16.6 Å². The van der Waals surface area contributed by atoms with Crippen LogP contribution in [0.15, 0.2) is 24.3 Å². The lowest BCUT2D eigenvalue weighted by Gasteiger charge is -2.19. The molecule has 0 saturated heterocycles. The third-order valence-corrected chi connectivity index (χ3v) is 1.69. The highest BCUT2D eigenvalue weighted by molar-refractivity contribution is 5.78. The van der Waals surface area contributed by atoms with E-state index in [9.17, 15) is 4.79 Å². The molecule has 0 spiro atoms. The maximum Gasteiger partial charge on any atom is 0.323 e. The maximum absolute atomic E-state index is 10.6. The Morgan fingerprint density at radius 1 is 1.75 bits per heavy atom. The van der Waals surface area contributed by atoms with Gasteiger partial charge in [-0.25, -0.2) is 0 Å². The largest absolute Gasteiger partial charge is 0.480 e. The zero-order chi connectivity index (χ0) is 9.78. The Balaban J connectivity index is 4.43. The number of carboxylic acids is 1. The van der Waals surface area contributed by atoms with Crippen molar-refractivity contribution >= 4 is 5.97 Å². The van der Waals surface area contributed by atoms with Crippen LogP contribution in [0.4, 0.5) is 0 Å². The van der Waals surface area contributed by atoms with Crippen LogP contribution >= 0.6 is 0 Å². The molecule has 3 N–H and O–H groups in total. The second-order valence-electron chi connectivity index (χ2n) is 2.97. The van der Waals surface area contributed by atoms with Gasteiger partial charge in [-0.15, -0.1) is 0 Å². The van der Waals surface area contributed by atoms with Crippen LogP contribution in [0.5, 0.6) is 0 Å². The van der Waals surface area contributed by atoms with E-state index in [1.807, 2.05) is 6.92 Å². The minimum Gasteiger partial charge on any atom is -0.480 e. The summed E-state index contributed by atoms with van der Waals surface area (Å²) >= 11 is 0. The van der Waals surface area contributed by atoms with E-state index >= 15 is 0 Å². The van der Waals surface area contributed by atoms with Crippen molar-refractivity contribution < 1.29 is 9.90 Å². The Morgan fingerprint density at radius 2 is 2.25 bits per heavy atom. The van der Waals surface area contributed by atoms with Gasteiger partial charge in [-0.05, 0) is 13.8 Å². The van der Waals surface area contributed by atoms with Gasteiger partial charge in [0.1, 0.15) is 5.54 Å². The Kier molecular flexibility index (Phi) is 3.70. The maximum atomic E-state index is 10.6. The fourth-order valence-electron chi connectivity index (χ4n) is 0.792. The normalized spacial score (nSPS) is 16.8. The first kappa shape index (κ1) is 10.9. The highest BCUT2D eigenvalue weighted by atomic mass is 16.4. The first-order valence-electron chi connectivity index (χ1n) is 3.74. The summed E-state index contributed by atoms with van der Waals surface area (Å²) in [5, 5.41) is 8.69. The third kappa shape index (κ3) is 2.88. The van der Waals surface area contributed by atoms with Gasteiger partial charge in [0.05, 0.1) is 0 Å². The Morgan fingerprint density at radius 3 is 2.50 bits per heavy atom. The van der Waals surface area contributed by atoms with Crippen molar-refractivity contribution in [1.82, 2.24) is 0 Å². The second kappa shape index (κ2) is 4.07. The lowest BCUT2D eigenvalue weighted by Crippen LogP contribution is -2.44. The Bertz CT molecular complexity index is 217. The second-order valence-corrected chi connectivity index (χ2v) is 2.97. The molecule has 0 aliphatic heterocycles. The van der Waals surface area contributed by atoms with Crippen LogP contribution in [0.2, 0.25) is 0 Å². The van der Waals surface area contributed by atoms with Gasteiger partial charge in [0.2, 0.25) is 0 Å². The fraction of sp³-hybridized carbons (Fsp3) is 0.444. The number of rotatable bonds is 4. The van der Waals surface area contributed by atoms with E-state index < -0.39 is 11.5 Å². The third-order valence-electron chi connectivity index (χ3n) is 1.69. The van der Waals surface area contributed by atoms with Gasteiger partial charge >= 0.3 is 5.97 Å². The molecule has 0 bridgehead atoms. The summed E-state index contributed by atoms with van der Waals surface area (Å²) in [5.41, 5.74) is 5.17. The average molecular weight is 169 g/mol. The molecule has 3 heteroatoms. The highest BCUT2D eigenvalue weighted by Crippen LogP contribution is 2.14. The van der Waals surface area contributed by atoms with Crippen molar-refractivity contribution in [1.29, 1.82) is 0 Å². The number of aliphatic carboxylic acids is 1. The first-order chi connectivity index (χ1) is 5.44. The van der Waals surface area contributed by atoms with Crippen LogP contribution in [0.25, 0.3) is 0 Å². The Hall–Kier alpha value is -1.09. The fourth-order valence-corrected chi connectivity index (χ4v) is 0.792. The molecule has 0 aliphatic rings. The minimum atomic E-state index is -1.20. The first-order valence-corrected chi connectivity index (χ1v) is 3.74. The number of hydrogen-bond donors (Lipinski definition) is 2. The van der Waals surface area contributed by atoms with Crippen molar-refractivity contribution in [3.63, 3.8) is 0 Å². The van der Waals surface area contributed by atoms with E-state index in [0.29, 0.717) is 6.42 Å². The predicted octanol–water partition coefficient (Wildman–Crippen LogP) is 1.31. The molecule has 68 valence electrons. The van der Waals surface area contributed by atoms with Crippen LogP contribution in [0, 0.1) is 0 Å². The summed E-state index contributed by atoms with van der Waals surface area (Å²) < 4.78 is 0. The minimum absolute atomic E-state index is 0.308. The van der Waals surface area contributed by atoms with E-state index in [1.165, 1.54) is 6.92 Å². The van der Waals surface area contributed by atoms with Gasteiger partial charge in [0, 0.05) is 6.42 Å². The number of nitrogens with two attached hydrogens (primary N) is 1. The lowest BCUT2D eigenvalue weighted by molar-refractivity contribution is -0.142. The van der Waals surface area contributed by atoms with Crippen molar-refractivity contribution in [2.45, 2.75) is 25.8 Å². The zero-order valence-corrected chi connectivity index (χ0v) is 7.50. The van der Waals surface area contributed by atoms with E-state index in [2.05, 4.69) is 6.58 Å². The van der Waals surface area contributed by atoms with Crippen molar-refractivity contribution in [3.05, 3.63) is 24.3 Å². The van der Waals surface area contributed by atoms with Gasteiger partial charge in [0.25, 0.3) is 0 Å². The van der Waals surface area contributed by atoms with E-state index in [1.54, 1.807) is 12.2 Å². The zero-order valence-electron chi connectivity index (χ0n) is 7.50. The van der Waals surface area contributed by atoms with Crippen molar-refractivity contribution in [3.8, 4) is 0 Å². The average Bonchev–Trinajstić information content (AvgIpc) is 2.00. The summed E-state index contributed by atoms with van der Waals surface area (Å²) in [5.74, 6) is -0.997. The molecule has 0 aliphatic carbocycles. The van der Waals surface area contributed by atoms with E-state index in [-0.39, 0.29) is 0 Å². The van der Waals surface area contributed by atoms with Gasteiger partial charge < -0.3 is 10.8 Å². The molecule has 1 unspecified atom stereocenters. The standard InChI is InChI=1S/C9H15NO2/c1-4-7(5-2)6-9(3,10)8(11)12/h4-5H,1,6,10H2,2-3H3,(H,11,12)/b7-5+. The molecule has 0 saturated carbocycles. The van der Waals surface area contributed by atoms with Gasteiger partial charge in [0.15, 0.2) is 0 Å². The topological polar surface area (TPSA) is 63.3 Å². The molecule has 0 amide bonds. The van der Waals surface area contributed by atoms with E-state index in [4.69, 9.17) is 10.8 Å². The molecule has 12 heavy (non-hydrogen) atoms. The molecule has 0 aromatic rings. The van der Waals surface area contributed by atoms with Crippen molar-refractivity contribution in [2.24, 2.45) is 5.73 Å². The molecule has 0 aromatic heterocycles. The molecule has 0 fully saturated rings. The van der Waals surface area contributed by atoms with Gasteiger partial charge in [-0.1, -0.05) is 24.3 Å². The predicted molar refractivity (Wildman–Crippen MR) is 48.8 cm³/mol. The molecule has 0 heterocycles. The molecule has 0 aromatic carbocycles. The van der Waals surface area contributed by atoms with Crippen LogP contribution < -0.4 is 5.73 Å². The molecule has 0 radical (unpaired) electrons. The Labute approximate surface area is 72.6 Å². The van der Waals surface area contributed by atoms with Gasteiger partial charge in [-0.3, -0.25) is 4.79 Å². The van der Waals surface area contributed by atoms with E-state index in [0.717, 1.165) is 5.57 Å². The van der Waals surface area contributed by atoms with Crippen molar-refractivity contribution in [2.75, 3.05) is 0 Å². The SMILES string of the molecule is C=C/C(=C\C)CC(C)(N)C(=O)O. The lowest BCUT2D eigenvalue weighted by atomic mass is 9.94. The van der Waals surface area contributed by atoms with Crippen LogP contribution in [-0.2, 0) is 4.79 Å².